The van der Waals surface area contributed by atoms with Crippen molar-refractivity contribution in [2.24, 2.45) is 0 Å². The Morgan fingerprint density at radius 2 is 0.783 bits per heavy atom. The minimum Gasteiger partial charge on any atom is -0.399 e. The molecule has 1 unspecified atom stereocenters. The average molecular weight is 1390 g/mol. The predicted octanol–water partition coefficient (Wildman–Crippen LogP) is 22.6. The van der Waals surface area contributed by atoms with Gasteiger partial charge in [0.05, 0.1) is 44.9 Å². The third-order valence-electron chi connectivity index (χ3n) is 23.3. The molecule has 0 radical (unpaired) electrons. The molecule has 2 saturated heterocycles. The molecule has 512 valence electrons. The smallest absolute Gasteiger partial charge is 0.399 e. The van der Waals surface area contributed by atoms with E-state index in [1.807, 2.05) is 35.9 Å². The lowest BCUT2D eigenvalue weighted by Crippen LogP contribution is -2.46. The number of thiophene rings is 1. The van der Waals surface area contributed by atoms with Gasteiger partial charge in [-0.05, 0) is 228 Å². The molecule has 11 heteroatoms. The molecule has 15 aromatic rings. The highest BCUT2D eigenvalue weighted by Gasteiger charge is 2.56. The number of pyridine rings is 2. The number of benzene rings is 12. The Morgan fingerprint density at radius 1 is 0.321 bits per heavy atom. The van der Waals surface area contributed by atoms with Crippen LogP contribution in [0.3, 0.4) is 0 Å². The lowest BCUT2D eigenvalue weighted by Gasteiger charge is -2.36. The van der Waals surface area contributed by atoms with E-state index >= 15 is 0 Å². The highest BCUT2D eigenvalue weighted by atomic mass is 32.1. The molecule has 1 atom stereocenters. The van der Waals surface area contributed by atoms with Crippen molar-refractivity contribution >= 4 is 90.8 Å². The standard InChI is InChI=1S/C95H76B2N4O4S/c1-91(2)92(3,4)103-97(102-91)69-53-55-98-86(57-69)87-60-74(54-56-99-87)100(72-50-52-90-81(58-72)80-27-15-20-32-89(80)106-90)70-45-39-65(40-46-70)63-35-33-62(34-36-63)61-94(7)93(5,6)104-96(105-94)68-43-37-64(38-44-68)66-41-47-71(48-42-66)101(88-31-19-14-23-75(88)67-21-9-8-10-22-67)73-49-51-79-78-26-13-18-30-84(78)95(85(79)59-73)82-28-16-11-24-76(82)77-25-12-17-29-83(77)95/h8-60H,61H2,1-7H3. The van der Waals surface area contributed by atoms with E-state index in [4.69, 9.17) is 28.6 Å². The summed E-state index contributed by atoms with van der Waals surface area (Å²) in [5.74, 6) is 0. The Hall–Kier alpha value is -11.3. The number of hydrogen-bond acceptors (Lipinski definition) is 9. The molecule has 1 spiro atoms. The highest BCUT2D eigenvalue weighted by molar-refractivity contribution is 7.25. The van der Waals surface area contributed by atoms with E-state index < -0.39 is 42.1 Å². The van der Waals surface area contributed by atoms with Crippen LogP contribution in [0.15, 0.2) is 322 Å². The SMILES string of the molecule is CC1(C)OB(c2ccnc(-c3cc(N(c4ccc(-c5ccc(CC6(C)OB(c7ccc(-c8ccc(N(c9ccc%10c(c9)C9(c%11ccccc%11-c%11ccccc%119)c9ccccc9-%10)c9ccccc9-c9ccccc9)cc8)cc7)OC6(C)C)cc5)cc4)c4ccc5sc6ccccc6c5c4)ccn3)c2)OC1(C)C. The van der Waals surface area contributed by atoms with Crippen molar-refractivity contribution in [3.05, 3.63) is 350 Å². The zero-order valence-corrected chi connectivity index (χ0v) is 61.1. The third kappa shape index (κ3) is 10.8. The molecule has 3 aromatic heterocycles. The number of para-hydroxylation sites is 1. The van der Waals surface area contributed by atoms with Crippen LogP contribution in [0.5, 0.6) is 0 Å². The molecule has 0 bridgehead atoms. The molecular weight excluding hydrogens is 1310 g/mol. The van der Waals surface area contributed by atoms with Crippen molar-refractivity contribution in [3.63, 3.8) is 0 Å². The second-order valence-corrected chi connectivity index (χ2v) is 31.4. The quantitative estimate of drug-likeness (QED) is 0.0998. The molecule has 0 N–H and O–H groups in total. The lowest BCUT2D eigenvalue weighted by atomic mass is 9.70. The maximum atomic E-state index is 7.07. The molecular formula is C95H76B2N4O4S. The summed E-state index contributed by atoms with van der Waals surface area (Å²) in [6, 6.07) is 113. The van der Waals surface area contributed by atoms with Crippen LogP contribution in [-0.4, -0.2) is 46.6 Å². The number of fused-ring (bicyclic) bond motifs is 13. The summed E-state index contributed by atoms with van der Waals surface area (Å²) in [5.41, 5.74) is 25.4. The van der Waals surface area contributed by atoms with E-state index in [9.17, 15) is 0 Å². The second-order valence-electron chi connectivity index (χ2n) is 30.3. The Kier molecular flexibility index (Phi) is 15.6. The van der Waals surface area contributed by atoms with Gasteiger partial charge >= 0.3 is 14.2 Å². The monoisotopic (exact) mass is 1390 g/mol. The van der Waals surface area contributed by atoms with Crippen molar-refractivity contribution in [3.8, 4) is 67.0 Å². The average Bonchev–Trinajstić information content (AvgIpc) is 1.51. The Bertz CT molecular complexity index is 5840. The van der Waals surface area contributed by atoms with Gasteiger partial charge in [0.15, 0.2) is 0 Å². The van der Waals surface area contributed by atoms with Crippen molar-refractivity contribution in [2.75, 3.05) is 9.80 Å². The summed E-state index contributed by atoms with van der Waals surface area (Å²) < 4.78 is 29.4. The van der Waals surface area contributed by atoms with E-state index in [2.05, 4.69) is 356 Å². The fourth-order valence-corrected chi connectivity index (χ4v) is 17.8. The minimum atomic E-state index is -0.628. The second kappa shape index (κ2) is 25.2. The molecule has 106 heavy (non-hydrogen) atoms. The lowest BCUT2D eigenvalue weighted by molar-refractivity contribution is -0.00876. The van der Waals surface area contributed by atoms with E-state index in [1.165, 1.54) is 70.2 Å². The highest BCUT2D eigenvalue weighted by Crippen LogP contribution is 2.64. The molecule has 2 aliphatic heterocycles. The summed E-state index contributed by atoms with van der Waals surface area (Å²) in [5, 5.41) is 2.47. The number of aromatic nitrogens is 2. The van der Waals surface area contributed by atoms with Gasteiger partial charge in [0.2, 0.25) is 0 Å². The third-order valence-corrected chi connectivity index (χ3v) is 24.5. The maximum absolute atomic E-state index is 7.07. The molecule has 0 amide bonds. The Balaban J connectivity index is 0.578. The molecule has 5 heterocycles. The van der Waals surface area contributed by atoms with Gasteiger partial charge in [-0.25, -0.2) is 0 Å². The van der Waals surface area contributed by atoms with Gasteiger partial charge < -0.3 is 28.4 Å². The van der Waals surface area contributed by atoms with Crippen LogP contribution in [0.4, 0.5) is 34.1 Å². The first-order chi connectivity index (χ1) is 51.6. The number of nitrogens with zero attached hydrogens (tertiary/aromatic N) is 4. The van der Waals surface area contributed by atoms with Gasteiger partial charge in [-0.1, -0.05) is 218 Å². The summed E-state index contributed by atoms with van der Waals surface area (Å²) in [4.78, 5) is 14.5. The van der Waals surface area contributed by atoms with Crippen LogP contribution in [0.1, 0.15) is 76.3 Å². The van der Waals surface area contributed by atoms with E-state index in [0.29, 0.717) is 6.42 Å². The molecule has 2 aliphatic carbocycles. The molecule has 2 fully saturated rings. The Labute approximate surface area is 624 Å². The largest absolute Gasteiger partial charge is 0.494 e. The van der Waals surface area contributed by atoms with Gasteiger partial charge in [-0.3, -0.25) is 9.97 Å². The summed E-state index contributed by atoms with van der Waals surface area (Å²) in [6.45, 7) is 14.8. The molecule has 0 saturated carbocycles. The van der Waals surface area contributed by atoms with Crippen molar-refractivity contribution in [1.82, 2.24) is 9.97 Å². The van der Waals surface area contributed by atoms with Crippen LogP contribution >= 0.6 is 11.3 Å². The summed E-state index contributed by atoms with van der Waals surface area (Å²) >= 11 is 1.82. The van der Waals surface area contributed by atoms with Crippen LogP contribution in [0, 0.1) is 0 Å². The van der Waals surface area contributed by atoms with Crippen LogP contribution in [-0.2, 0) is 30.5 Å². The first kappa shape index (κ1) is 65.5. The van der Waals surface area contributed by atoms with Crippen molar-refractivity contribution in [2.45, 2.75) is 82.7 Å². The number of anilines is 6. The fourth-order valence-electron chi connectivity index (χ4n) is 16.7. The minimum absolute atomic E-state index is 0.470. The van der Waals surface area contributed by atoms with Crippen LogP contribution < -0.4 is 20.7 Å². The molecule has 8 nitrogen and oxygen atoms in total. The molecule has 19 rings (SSSR count). The zero-order chi connectivity index (χ0) is 71.7. The van der Waals surface area contributed by atoms with Gasteiger partial charge in [0, 0.05) is 73.0 Å². The van der Waals surface area contributed by atoms with Crippen molar-refractivity contribution < 1.29 is 18.6 Å². The maximum Gasteiger partial charge on any atom is 0.494 e. The molecule has 12 aromatic carbocycles. The van der Waals surface area contributed by atoms with Gasteiger partial charge in [-0.2, -0.15) is 0 Å². The van der Waals surface area contributed by atoms with Gasteiger partial charge in [0.25, 0.3) is 0 Å². The van der Waals surface area contributed by atoms with Crippen LogP contribution in [0.2, 0.25) is 0 Å². The van der Waals surface area contributed by atoms with Gasteiger partial charge in [0.1, 0.15) is 0 Å². The zero-order valence-electron chi connectivity index (χ0n) is 60.3. The predicted molar refractivity (Wildman–Crippen MR) is 438 cm³/mol. The summed E-state index contributed by atoms with van der Waals surface area (Å²) in [7, 11) is -1.06. The fraction of sp³-hybridized carbons (Fsp3) is 0.137. The van der Waals surface area contributed by atoms with Gasteiger partial charge in [-0.15, -0.1) is 11.3 Å². The first-order valence-electron chi connectivity index (χ1n) is 36.7. The topological polar surface area (TPSA) is 69.2 Å². The number of hydrogen-bond donors (Lipinski definition) is 0. The van der Waals surface area contributed by atoms with E-state index in [1.54, 1.807) is 0 Å². The van der Waals surface area contributed by atoms with Crippen molar-refractivity contribution in [1.29, 1.82) is 0 Å². The van der Waals surface area contributed by atoms with Crippen LogP contribution in [0.25, 0.3) is 87.2 Å². The number of rotatable bonds is 14. The normalized spacial score (nSPS) is 16.8. The Morgan fingerprint density at radius 3 is 1.42 bits per heavy atom. The van der Waals surface area contributed by atoms with E-state index in [0.717, 1.165) is 89.8 Å². The first-order valence-corrected chi connectivity index (χ1v) is 37.5. The summed E-state index contributed by atoms with van der Waals surface area (Å²) in [6.07, 6.45) is 4.35. The van der Waals surface area contributed by atoms with E-state index in [-0.39, 0.29) is 0 Å². The molecule has 4 aliphatic rings.